The molecular formula is C14H9BrN2OS. The highest BCUT2D eigenvalue weighted by molar-refractivity contribution is 9.11. The molecule has 0 spiro atoms. The topological polar surface area (TPSA) is 35.0 Å². The van der Waals surface area contributed by atoms with Crippen molar-refractivity contribution >= 4 is 27.3 Å². The fourth-order valence-electron chi connectivity index (χ4n) is 1.68. The average Bonchev–Trinajstić information content (AvgIpc) is 2.86. The first-order valence-electron chi connectivity index (χ1n) is 5.63. The second-order valence-electron chi connectivity index (χ2n) is 3.81. The summed E-state index contributed by atoms with van der Waals surface area (Å²) in [5.74, 6) is 0.753. The Balaban J connectivity index is 1.79. The summed E-state index contributed by atoms with van der Waals surface area (Å²) in [6.07, 6.45) is 0. The van der Waals surface area contributed by atoms with Crippen molar-refractivity contribution in [3.05, 3.63) is 58.5 Å². The molecule has 0 unspecified atom stereocenters. The van der Waals surface area contributed by atoms with E-state index in [0.29, 0.717) is 9.11 Å². The van der Waals surface area contributed by atoms with Gasteiger partial charge >= 0.3 is 0 Å². The molecular weight excluding hydrogens is 324 g/mol. The summed E-state index contributed by atoms with van der Waals surface area (Å²) in [5, 5.41) is 8.26. The van der Waals surface area contributed by atoms with Gasteiger partial charge in [0.2, 0.25) is 0 Å². The van der Waals surface area contributed by atoms with E-state index in [1.54, 1.807) is 0 Å². The molecule has 0 aliphatic rings. The lowest BCUT2D eigenvalue weighted by Gasteiger charge is -2.04. The molecule has 3 aromatic rings. The summed E-state index contributed by atoms with van der Waals surface area (Å²) in [6.45, 7) is 0. The smallest absolute Gasteiger partial charge is 0.300 e. The maximum atomic E-state index is 5.60. The molecule has 94 valence electrons. The highest BCUT2D eigenvalue weighted by Gasteiger charge is 2.04. The number of hydrogen-bond acceptors (Lipinski definition) is 4. The second-order valence-corrected chi connectivity index (χ2v) is 6.03. The number of nitrogens with zero attached hydrogens (tertiary/aromatic N) is 2. The lowest BCUT2D eigenvalue weighted by Crippen LogP contribution is -1.83. The first kappa shape index (κ1) is 12.3. The molecule has 0 N–H and O–H groups in total. The molecule has 1 heterocycles. The van der Waals surface area contributed by atoms with Crippen molar-refractivity contribution in [2.75, 3.05) is 0 Å². The first-order valence-corrected chi connectivity index (χ1v) is 7.24. The lowest BCUT2D eigenvalue weighted by atomic mass is 10.1. The predicted molar refractivity (Wildman–Crippen MR) is 79.6 cm³/mol. The molecule has 1 aromatic heterocycles. The Bertz CT molecular complexity index is 667. The van der Waals surface area contributed by atoms with Crippen LogP contribution in [-0.2, 0) is 0 Å². The number of rotatable bonds is 3. The van der Waals surface area contributed by atoms with E-state index in [1.807, 2.05) is 42.5 Å². The van der Waals surface area contributed by atoms with Crippen LogP contribution in [0.4, 0.5) is 0 Å². The van der Waals surface area contributed by atoms with Gasteiger partial charge in [-0.05, 0) is 50.5 Å². The van der Waals surface area contributed by atoms with Gasteiger partial charge in [0.15, 0.2) is 3.92 Å². The fourth-order valence-corrected chi connectivity index (χ4v) is 2.62. The minimum absolute atomic E-state index is 0.527. The summed E-state index contributed by atoms with van der Waals surface area (Å²) < 4.78 is 6.32. The number of aromatic nitrogens is 2. The molecule has 0 saturated heterocycles. The van der Waals surface area contributed by atoms with Crippen molar-refractivity contribution in [1.29, 1.82) is 0 Å². The van der Waals surface area contributed by atoms with Crippen molar-refractivity contribution in [2.24, 2.45) is 0 Å². The van der Waals surface area contributed by atoms with E-state index in [9.17, 15) is 0 Å². The molecule has 0 bridgehead atoms. The van der Waals surface area contributed by atoms with Gasteiger partial charge in [0.05, 0.1) is 0 Å². The van der Waals surface area contributed by atoms with Crippen LogP contribution in [0.1, 0.15) is 0 Å². The van der Waals surface area contributed by atoms with Crippen LogP contribution in [0.5, 0.6) is 10.9 Å². The van der Waals surface area contributed by atoms with Gasteiger partial charge in [0.25, 0.3) is 5.19 Å². The maximum absolute atomic E-state index is 5.60. The minimum Gasteiger partial charge on any atom is -0.430 e. The maximum Gasteiger partial charge on any atom is 0.300 e. The van der Waals surface area contributed by atoms with Gasteiger partial charge in [-0.2, -0.15) is 0 Å². The van der Waals surface area contributed by atoms with Gasteiger partial charge in [0.1, 0.15) is 5.75 Å². The highest BCUT2D eigenvalue weighted by Crippen LogP contribution is 2.29. The van der Waals surface area contributed by atoms with Crippen molar-refractivity contribution in [3.8, 4) is 22.1 Å². The standard InChI is InChI=1S/C14H9BrN2OS/c15-13-16-17-14(19-13)18-12-8-6-11(7-9-12)10-4-2-1-3-5-10/h1-9H. The summed E-state index contributed by atoms with van der Waals surface area (Å²) >= 11 is 4.61. The predicted octanol–water partition coefficient (Wildman–Crippen LogP) is 4.76. The zero-order chi connectivity index (χ0) is 13.1. The van der Waals surface area contributed by atoms with Crippen LogP contribution in [0.3, 0.4) is 0 Å². The Labute approximate surface area is 123 Å². The Kier molecular flexibility index (Phi) is 3.57. The molecule has 0 atom stereocenters. The molecule has 0 aliphatic heterocycles. The molecule has 0 fully saturated rings. The monoisotopic (exact) mass is 332 g/mol. The zero-order valence-corrected chi connectivity index (χ0v) is 12.2. The minimum atomic E-state index is 0.527. The third-order valence-corrected chi connectivity index (χ3v) is 3.78. The van der Waals surface area contributed by atoms with E-state index < -0.39 is 0 Å². The SMILES string of the molecule is Brc1nnc(Oc2ccc(-c3ccccc3)cc2)s1. The van der Waals surface area contributed by atoms with Crippen LogP contribution < -0.4 is 4.74 Å². The molecule has 19 heavy (non-hydrogen) atoms. The number of ether oxygens (including phenoxy) is 1. The van der Waals surface area contributed by atoms with Crippen LogP contribution in [0.15, 0.2) is 58.5 Å². The largest absolute Gasteiger partial charge is 0.430 e. The van der Waals surface area contributed by atoms with Gasteiger partial charge in [-0.3, -0.25) is 0 Å². The number of hydrogen-bond donors (Lipinski definition) is 0. The molecule has 2 aromatic carbocycles. The van der Waals surface area contributed by atoms with Crippen molar-refractivity contribution in [3.63, 3.8) is 0 Å². The molecule has 3 nitrogen and oxygen atoms in total. The summed E-state index contributed by atoms with van der Waals surface area (Å²) in [5.41, 5.74) is 2.35. The molecule has 0 aliphatic carbocycles. The van der Waals surface area contributed by atoms with E-state index in [-0.39, 0.29) is 0 Å². The second kappa shape index (κ2) is 5.50. The normalized spacial score (nSPS) is 10.4. The van der Waals surface area contributed by atoms with Gasteiger partial charge in [-0.25, -0.2) is 0 Å². The van der Waals surface area contributed by atoms with E-state index in [1.165, 1.54) is 16.9 Å². The Morgan fingerprint density at radius 3 is 2.16 bits per heavy atom. The first-order chi connectivity index (χ1) is 9.31. The number of benzene rings is 2. The molecule has 5 heteroatoms. The van der Waals surface area contributed by atoms with Crippen molar-refractivity contribution in [2.45, 2.75) is 0 Å². The zero-order valence-electron chi connectivity index (χ0n) is 9.79. The third kappa shape index (κ3) is 3.00. The highest BCUT2D eigenvalue weighted by atomic mass is 79.9. The van der Waals surface area contributed by atoms with Gasteiger partial charge in [0, 0.05) is 0 Å². The van der Waals surface area contributed by atoms with Crippen LogP contribution in [-0.4, -0.2) is 10.2 Å². The van der Waals surface area contributed by atoms with Gasteiger partial charge in [-0.1, -0.05) is 47.6 Å². The molecule has 0 amide bonds. The Morgan fingerprint density at radius 2 is 1.53 bits per heavy atom. The quantitative estimate of drug-likeness (QED) is 0.693. The van der Waals surface area contributed by atoms with E-state index >= 15 is 0 Å². The van der Waals surface area contributed by atoms with Crippen LogP contribution in [0, 0.1) is 0 Å². The van der Waals surface area contributed by atoms with Crippen molar-refractivity contribution in [1.82, 2.24) is 10.2 Å². The molecule has 3 rings (SSSR count). The van der Waals surface area contributed by atoms with Gasteiger partial charge in [-0.15, -0.1) is 5.10 Å². The third-order valence-electron chi connectivity index (χ3n) is 2.55. The average molecular weight is 333 g/mol. The van der Waals surface area contributed by atoms with Crippen molar-refractivity contribution < 1.29 is 4.74 Å². The fraction of sp³-hybridized carbons (Fsp3) is 0. The van der Waals surface area contributed by atoms with Gasteiger partial charge < -0.3 is 4.74 Å². The lowest BCUT2D eigenvalue weighted by molar-refractivity contribution is 0.473. The van der Waals surface area contributed by atoms with E-state index in [4.69, 9.17) is 4.74 Å². The molecule has 0 radical (unpaired) electrons. The van der Waals surface area contributed by atoms with E-state index in [0.717, 1.165) is 11.3 Å². The van der Waals surface area contributed by atoms with E-state index in [2.05, 4.69) is 38.3 Å². The molecule has 0 saturated carbocycles. The summed E-state index contributed by atoms with van der Waals surface area (Å²) in [4.78, 5) is 0. The van der Waals surface area contributed by atoms with Crippen LogP contribution in [0.25, 0.3) is 11.1 Å². The summed E-state index contributed by atoms with van der Waals surface area (Å²) in [7, 11) is 0. The number of halogens is 1. The Morgan fingerprint density at radius 1 is 0.842 bits per heavy atom. The van der Waals surface area contributed by atoms with Crippen LogP contribution >= 0.6 is 27.3 Å². The summed E-state index contributed by atoms with van der Waals surface area (Å²) in [6, 6.07) is 18.1. The Hall–Kier alpha value is -1.72. The van der Waals surface area contributed by atoms with Crippen LogP contribution in [0.2, 0.25) is 0 Å².